The Labute approximate surface area is 505 Å². The normalized spacial score (nSPS) is 13.6. The van der Waals surface area contributed by atoms with Crippen LogP contribution in [0.4, 0.5) is 11.4 Å². The summed E-state index contributed by atoms with van der Waals surface area (Å²) in [6, 6.07) is 19.3. The van der Waals surface area contributed by atoms with Crippen LogP contribution >= 0.6 is 21.6 Å². The van der Waals surface area contributed by atoms with Crippen molar-refractivity contribution >= 4 is 78.1 Å². The summed E-state index contributed by atoms with van der Waals surface area (Å²) in [4.78, 5) is 58.4. The third-order valence-electron chi connectivity index (χ3n) is 17.6. The first-order chi connectivity index (χ1) is 39.9. The Morgan fingerprint density at radius 1 is 0.354 bits per heavy atom. The van der Waals surface area contributed by atoms with Crippen molar-refractivity contribution in [2.45, 2.75) is 206 Å². The molecule has 4 amide bonds. The van der Waals surface area contributed by atoms with Crippen LogP contribution in [0.15, 0.2) is 60.7 Å². The van der Waals surface area contributed by atoms with Gasteiger partial charge in [0.25, 0.3) is 23.6 Å². The van der Waals surface area contributed by atoms with E-state index < -0.39 is 0 Å². The Hall–Kier alpha value is -4.10. The smallest absolute Gasteiger partial charge is 0.261 e. The molecule has 454 valence electrons. The largest absolute Gasteiger partial charge is 0.384 e. The van der Waals surface area contributed by atoms with Crippen LogP contribution in [0.1, 0.15) is 248 Å². The molecule has 0 fully saturated rings. The summed E-state index contributed by atoms with van der Waals surface area (Å²) >= 11 is 0. The van der Waals surface area contributed by atoms with E-state index in [0.717, 1.165) is 80.9 Å². The minimum Gasteiger partial charge on any atom is -0.384 e. The van der Waals surface area contributed by atoms with Crippen molar-refractivity contribution in [2.24, 2.45) is 0 Å². The Kier molecular flexibility index (Phi) is 30.0. The number of anilines is 2. The van der Waals surface area contributed by atoms with E-state index >= 15 is 0 Å². The lowest BCUT2D eigenvalue weighted by Gasteiger charge is -2.30. The first-order valence-corrected chi connectivity index (χ1v) is 35.6. The average Bonchev–Trinajstić information content (AvgIpc) is 3.25. The summed E-state index contributed by atoms with van der Waals surface area (Å²) in [5, 5.41) is 10.6. The van der Waals surface area contributed by atoms with Crippen LogP contribution in [0.3, 0.4) is 0 Å². The second-order valence-electron chi connectivity index (χ2n) is 25.5. The van der Waals surface area contributed by atoms with E-state index in [9.17, 15) is 19.2 Å². The molecule has 0 unspecified atom stereocenters. The molecule has 2 heterocycles. The van der Waals surface area contributed by atoms with Gasteiger partial charge in [0.15, 0.2) is 0 Å². The molecular formula is C70H110N6O4S2+2. The third-order valence-corrected chi connectivity index (χ3v) is 20.0. The molecule has 0 bridgehead atoms. The summed E-state index contributed by atoms with van der Waals surface area (Å²) in [7, 11) is 12.5. The second-order valence-corrected chi connectivity index (χ2v) is 28.2. The lowest BCUT2D eigenvalue weighted by Crippen LogP contribution is -2.42. The molecule has 12 heteroatoms. The zero-order chi connectivity index (χ0) is 58.4. The van der Waals surface area contributed by atoms with E-state index in [1.165, 1.54) is 203 Å². The Morgan fingerprint density at radius 2 is 0.634 bits per heavy atom. The molecule has 4 aromatic carbocycles. The zero-order valence-electron chi connectivity index (χ0n) is 52.3. The van der Waals surface area contributed by atoms with E-state index in [2.05, 4.69) is 52.7 Å². The fourth-order valence-electron chi connectivity index (χ4n) is 12.5. The lowest BCUT2D eigenvalue weighted by atomic mass is 9.93. The van der Waals surface area contributed by atoms with Crippen LogP contribution in [0.2, 0.25) is 0 Å². The van der Waals surface area contributed by atoms with Gasteiger partial charge in [0.2, 0.25) is 0 Å². The van der Waals surface area contributed by atoms with Crippen LogP contribution < -0.4 is 10.6 Å². The maximum Gasteiger partial charge on any atom is 0.261 e. The van der Waals surface area contributed by atoms with Crippen molar-refractivity contribution in [3.63, 3.8) is 0 Å². The van der Waals surface area contributed by atoms with Gasteiger partial charge < -0.3 is 19.6 Å². The predicted octanol–water partition coefficient (Wildman–Crippen LogP) is 18.0. The summed E-state index contributed by atoms with van der Waals surface area (Å²) in [6.07, 6.45) is 40.8. The SMILES string of the molecule is CCCCCCCCCCCCCCCC[N+](C)(C)CCCNc1ccc2c3c(cccc13)C(=O)N(CCSSCCN1C(=O)c3cccc4c(NCCC[N+](C)(C)CCCCCCCCCCCCCCCC)ccc(c34)C1=O)C2=O. The number of carbonyl (C=O) groups excluding carboxylic acids is 4. The van der Waals surface area contributed by atoms with E-state index in [1.54, 1.807) is 21.6 Å². The van der Waals surface area contributed by atoms with Gasteiger partial charge in [-0.25, -0.2) is 0 Å². The fraction of sp³-hybridized carbons (Fsp3) is 0.657. The number of hydrogen-bond acceptors (Lipinski definition) is 8. The van der Waals surface area contributed by atoms with Crippen LogP contribution in [0, 0.1) is 0 Å². The van der Waals surface area contributed by atoms with Gasteiger partial charge >= 0.3 is 0 Å². The van der Waals surface area contributed by atoms with Gasteiger partial charge in [-0.15, -0.1) is 0 Å². The molecule has 10 nitrogen and oxygen atoms in total. The first-order valence-electron chi connectivity index (χ1n) is 33.1. The molecule has 0 saturated carbocycles. The number of amides is 4. The molecule has 4 aromatic rings. The van der Waals surface area contributed by atoms with Gasteiger partial charge in [-0.1, -0.05) is 214 Å². The van der Waals surface area contributed by atoms with Crippen LogP contribution in [0.5, 0.6) is 0 Å². The van der Waals surface area contributed by atoms with Crippen molar-refractivity contribution in [3.8, 4) is 0 Å². The minimum atomic E-state index is -0.266. The number of imide groups is 2. The molecule has 2 N–H and O–H groups in total. The van der Waals surface area contributed by atoms with Crippen molar-refractivity contribution in [1.29, 1.82) is 0 Å². The van der Waals surface area contributed by atoms with E-state index in [0.29, 0.717) is 33.8 Å². The fourth-order valence-corrected chi connectivity index (χ4v) is 14.4. The molecular weight excluding hydrogens is 1050 g/mol. The van der Waals surface area contributed by atoms with Gasteiger partial charge in [-0.3, -0.25) is 29.0 Å². The van der Waals surface area contributed by atoms with Crippen LogP contribution in [-0.2, 0) is 0 Å². The summed E-state index contributed by atoms with van der Waals surface area (Å²) in [5.41, 5.74) is 4.15. The molecule has 82 heavy (non-hydrogen) atoms. The highest BCUT2D eigenvalue weighted by molar-refractivity contribution is 8.76. The molecule has 0 saturated heterocycles. The maximum atomic E-state index is 13.9. The van der Waals surface area contributed by atoms with Gasteiger partial charge in [0, 0.05) is 106 Å². The number of nitrogens with zero attached hydrogens (tertiary/aromatic N) is 4. The van der Waals surface area contributed by atoms with Crippen molar-refractivity contribution in [3.05, 3.63) is 82.9 Å². The van der Waals surface area contributed by atoms with Gasteiger partial charge in [0.1, 0.15) is 0 Å². The molecule has 0 aliphatic carbocycles. The van der Waals surface area contributed by atoms with Crippen molar-refractivity contribution in [2.75, 3.05) is 103 Å². The highest BCUT2D eigenvalue weighted by Crippen LogP contribution is 2.37. The number of quaternary nitrogens is 2. The zero-order valence-corrected chi connectivity index (χ0v) is 53.9. The second kappa shape index (κ2) is 36.7. The molecule has 0 radical (unpaired) electrons. The van der Waals surface area contributed by atoms with Crippen LogP contribution in [0.25, 0.3) is 21.5 Å². The van der Waals surface area contributed by atoms with E-state index in [1.807, 2.05) is 60.7 Å². The third kappa shape index (κ3) is 21.4. The molecule has 2 aliphatic rings. The molecule has 6 rings (SSSR count). The van der Waals surface area contributed by atoms with E-state index in [-0.39, 0.29) is 36.7 Å². The lowest BCUT2D eigenvalue weighted by molar-refractivity contribution is -0.890. The quantitative estimate of drug-likeness (QED) is 0.0195. The Balaban J connectivity index is 0.848. The Bertz CT molecular complexity index is 2360. The standard InChI is InChI=1S/C70H108N6O4S2/c1-7-9-11-13-15-17-19-21-23-25-27-29-31-33-51-75(3,4)53-37-47-71-63-45-43-61-65-57(63)39-35-41-59(65)67(77)73(69(61)79)49-55-81-82-56-50-74-68(78)60-42-36-40-58-64(46-44-62(66(58)60)70(74)80)72-48-38-54-76(5,6)52-34-32-30-28-26-24-22-20-18-16-14-12-10-8-2/h35-36,39-46H,7-34,37-38,47-56H2,1-6H3/p+2. The highest BCUT2D eigenvalue weighted by Gasteiger charge is 2.35. The van der Waals surface area contributed by atoms with E-state index in [4.69, 9.17) is 0 Å². The molecule has 0 atom stereocenters. The molecule has 2 aliphatic heterocycles. The summed E-state index contributed by atoms with van der Waals surface area (Å²) < 4.78 is 2.03. The monoisotopic (exact) mass is 1160 g/mol. The molecule has 0 spiro atoms. The van der Waals surface area contributed by atoms with Crippen LogP contribution in [-0.4, -0.2) is 134 Å². The van der Waals surface area contributed by atoms with Crippen molar-refractivity contribution < 1.29 is 28.1 Å². The number of nitrogens with one attached hydrogen (secondary N) is 2. The molecule has 0 aromatic heterocycles. The number of hydrogen-bond donors (Lipinski definition) is 2. The number of unbranched alkanes of at least 4 members (excludes halogenated alkanes) is 26. The number of carbonyl (C=O) groups is 4. The van der Waals surface area contributed by atoms with Gasteiger partial charge in [-0.2, -0.15) is 0 Å². The predicted molar refractivity (Wildman–Crippen MR) is 354 cm³/mol. The summed E-state index contributed by atoms with van der Waals surface area (Å²) in [5.74, 6) is -0.0134. The van der Waals surface area contributed by atoms with Gasteiger partial charge in [-0.05, 0) is 62.1 Å². The topological polar surface area (TPSA) is 98.8 Å². The van der Waals surface area contributed by atoms with Gasteiger partial charge in [0.05, 0.1) is 54.4 Å². The summed E-state index contributed by atoms with van der Waals surface area (Å²) in [6.45, 7) is 11.3. The maximum absolute atomic E-state index is 13.9. The Morgan fingerprint density at radius 3 is 0.951 bits per heavy atom. The van der Waals surface area contributed by atoms with Crippen molar-refractivity contribution in [1.82, 2.24) is 9.80 Å². The highest BCUT2D eigenvalue weighted by atomic mass is 33.1. The first kappa shape index (κ1) is 67.0. The average molecular weight is 1160 g/mol. The minimum absolute atomic E-state index is 0.266. The number of benzene rings is 4. The number of rotatable bonds is 47.